The molecule has 164 valence electrons. The molecule has 0 saturated heterocycles. The van der Waals surface area contributed by atoms with Gasteiger partial charge in [-0.25, -0.2) is 4.79 Å². The largest absolute Gasteiger partial charge is 0.497 e. The van der Waals surface area contributed by atoms with E-state index in [0.29, 0.717) is 31.0 Å². The number of carbonyl (C=O) groups excluding carboxylic acids is 3. The molecule has 1 heterocycles. The molecule has 0 aromatic heterocycles. The summed E-state index contributed by atoms with van der Waals surface area (Å²) in [5.41, 5.74) is 3.44. The normalized spacial score (nSPS) is 12.1. The average Bonchev–Trinajstić information content (AvgIpc) is 3.20. The van der Waals surface area contributed by atoms with Gasteiger partial charge < -0.3 is 25.0 Å². The molecule has 3 amide bonds. The van der Waals surface area contributed by atoms with Crippen LogP contribution in [0.25, 0.3) is 0 Å². The Balaban J connectivity index is 1.57. The van der Waals surface area contributed by atoms with Crippen molar-refractivity contribution in [3.8, 4) is 5.75 Å². The molecule has 2 N–H and O–H groups in total. The summed E-state index contributed by atoms with van der Waals surface area (Å²) in [7, 11) is 1.59. The highest BCUT2D eigenvalue weighted by Gasteiger charge is 2.25. The first-order valence-electron chi connectivity index (χ1n) is 10.3. The van der Waals surface area contributed by atoms with E-state index in [-0.39, 0.29) is 30.9 Å². The van der Waals surface area contributed by atoms with Crippen molar-refractivity contribution in [1.29, 1.82) is 0 Å². The minimum absolute atomic E-state index is 0.0665. The molecular formula is C23H27N3O5. The molecule has 8 heteroatoms. The van der Waals surface area contributed by atoms with Crippen molar-refractivity contribution < 1.29 is 23.9 Å². The van der Waals surface area contributed by atoms with Gasteiger partial charge in [0, 0.05) is 30.9 Å². The van der Waals surface area contributed by atoms with Crippen LogP contribution in [0.2, 0.25) is 0 Å². The lowest BCUT2D eigenvalue weighted by molar-refractivity contribution is -0.142. The fourth-order valence-corrected chi connectivity index (χ4v) is 3.39. The van der Waals surface area contributed by atoms with Crippen molar-refractivity contribution in [3.05, 3.63) is 59.2 Å². The molecule has 0 atom stereocenters. The highest BCUT2D eigenvalue weighted by Crippen LogP contribution is 2.30. The van der Waals surface area contributed by atoms with E-state index in [2.05, 4.69) is 10.6 Å². The molecule has 0 aliphatic carbocycles. The Morgan fingerprint density at radius 2 is 1.84 bits per heavy atom. The second-order valence-corrected chi connectivity index (χ2v) is 7.06. The van der Waals surface area contributed by atoms with E-state index < -0.39 is 0 Å². The van der Waals surface area contributed by atoms with Crippen LogP contribution in [0.4, 0.5) is 10.5 Å². The van der Waals surface area contributed by atoms with E-state index in [9.17, 15) is 14.4 Å². The maximum Gasteiger partial charge on any atom is 0.315 e. The molecule has 0 saturated carbocycles. The average molecular weight is 425 g/mol. The van der Waals surface area contributed by atoms with Gasteiger partial charge in [-0.15, -0.1) is 0 Å². The Hall–Kier alpha value is -3.55. The number of anilines is 1. The van der Waals surface area contributed by atoms with E-state index in [1.807, 2.05) is 18.2 Å². The quantitative estimate of drug-likeness (QED) is 0.634. The zero-order chi connectivity index (χ0) is 22.2. The molecular weight excluding hydrogens is 398 g/mol. The summed E-state index contributed by atoms with van der Waals surface area (Å²) in [5, 5.41) is 5.39. The third kappa shape index (κ3) is 5.75. The van der Waals surface area contributed by atoms with Crippen molar-refractivity contribution in [2.75, 3.05) is 31.7 Å². The SMILES string of the molecule is CCOC(=O)CCNC(=O)NCc1ccc2c(c1)N(C(=O)c1ccc(OC)cc1)CC2. The van der Waals surface area contributed by atoms with Gasteiger partial charge in [-0.3, -0.25) is 9.59 Å². The van der Waals surface area contributed by atoms with Gasteiger partial charge in [0.1, 0.15) is 5.75 Å². The number of nitrogens with one attached hydrogen (secondary N) is 2. The summed E-state index contributed by atoms with van der Waals surface area (Å²) in [6, 6.07) is 12.6. The Labute approximate surface area is 181 Å². The summed E-state index contributed by atoms with van der Waals surface area (Å²) in [4.78, 5) is 38.0. The van der Waals surface area contributed by atoms with Gasteiger partial charge in [0.2, 0.25) is 0 Å². The summed E-state index contributed by atoms with van der Waals surface area (Å²) in [6.45, 7) is 3.19. The molecule has 1 aliphatic rings. The van der Waals surface area contributed by atoms with Gasteiger partial charge in [0.15, 0.2) is 0 Å². The highest BCUT2D eigenvalue weighted by atomic mass is 16.5. The van der Waals surface area contributed by atoms with E-state index in [1.165, 1.54) is 0 Å². The lowest BCUT2D eigenvalue weighted by atomic mass is 10.1. The van der Waals surface area contributed by atoms with Crippen LogP contribution >= 0.6 is 0 Å². The molecule has 31 heavy (non-hydrogen) atoms. The number of amides is 3. The minimum Gasteiger partial charge on any atom is -0.497 e. The molecule has 8 nitrogen and oxygen atoms in total. The zero-order valence-corrected chi connectivity index (χ0v) is 17.8. The van der Waals surface area contributed by atoms with Crippen LogP contribution < -0.4 is 20.3 Å². The molecule has 2 aromatic rings. The maximum atomic E-state index is 13.0. The molecule has 0 unspecified atom stereocenters. The lowest BCUT2D eigenvalue weighted by Gasteiger charge is -2.18. The second-order valence-electron chi connectivity index (χ2n) is 7.06. The monoisotopic (exact) mass is 425 g/mol. The number of fused-ring (bicyclic) bond motifs is 1. The van der Waals surface area contributed by atoms with Gasteiger partial charge in [0.05, 0.1) is 20.1 Å². The molecule has 3 rings (SSSR count). The van der Waals surface area contributed by atoms with E-state index in [1.54, 1.807) is 43.2 Å². The first kappa shape index (κ1) is 22.1. The molecule has 0 radical (unpaired) electrons. The number of methoxy groups -OCH3 is 1. The highest BCUT2D eigenvalue weighted by molar-refractivity contribution is 6.07. The van der Waals surface area contributed by atoms with Crippen LogP contribution in [0.3, 0.4) is 0 Å². The third-order valence-corrected chi connectivity index (χ3v) is 5.00. The number of urea groups is 1. The number of carbonyl (C=O) groups is 3. The number of esters is 1. The number of nitrogens with zero attached hydrogens (tertiary/aromatic N) is 1. The Kier molecular flexibility index (Phi) is 7.48. The van der Waals surface area contributed by atoms with Crippen LogP contribution in [0.1, 0.15) is 34.8 Å². The summed E-state index contributed by atoms with van der Waals surface area (Å²) in [6.07, 6.45) is 0.918. The van der Waals surface area contributed by atoms with Crippen LogP contribution in [0.15, 0.2) is 42.5 Å². The predicted octanol–water partition coefficient (Wildman–Crippen LogP) is 2.65. The summed E-state index contributed by atoms with van der Waals surface area (Å²) in [5.74, 6) is 0.290. The van der Waals surface area contributed by atoms with E-state index in [4.69, 9.17) is 9.47 Å². The fourth-order valence-electron chi connectivity index (χ4n) is 3.39. The fraction of sp³-hybridized carbons (Fsp3) is 0.348. The Morgan fingerprint density at radius 1 is 1.06 bits per heavy atom. The summed E-state index contributed by atoms with van der Waals surface area (Å²) >= 11 is 0. The smallest absolute Gasteiger partial charge is 0.315 e. The molecule has 1 aliphatic heterocycles. The zero-order valence-electron chi connectivity index (χ0n) is 17.8. The van der Waals surface area contributed by atoms with Crippen LogP contribution in [0.5, 0.6) is 5.75 Å². The van der Waals surface area contributed by atoms with Gasteiger partial charge in [-0.2, -0.15) is 0 Å². The molecule has 0 spiro atoms. The van der Waals surface area contributed by atoms with Crippen molar-refractivity contribution in [1.82, 2.24) is 10.6 Å². The van der Waals surface area contributed by atoms with Crippen molar-refractivity contribution in [2.24, 2.45) is 0 Å². The topological polar surface area (TPSA) is 97.0 Å². The van der Waals surface area contributed by atoms with Crippen molar-refractivity contribution >= 4 is 23.6 Å². The number of hydrogen-bond donors (Lipinski definition) is 2. The lowest BCUT2D eigenvalue weighted by Crippen LogP contribution is -2.36. The van der Waals surface area contributed by atoms with Gasteiger partial charge in [-0.05, 0) is 54.8 Å². The number of rotatable bonds is 8. The standard InChI is InChI=1S/C23H27N3O5/c1-3-31-21(27)10-12-24-23(29)25-15-16-4-5-17-11-13-26(20(17)14-16)22(28)18-6-8-19(30-2)9-7-18/h4-9,14H,3,10-13,15H2,1-2H3,(H2,24,25,29). The maximum absolute atomic E-state index is 13.0. The van der Waals surface area contributed by atoms with Crippen LogP contribution in [-0.4, -0.2) is 44.7 Å². The third-order valence-electron chi connectivity index (χ3n) is 5.00. The van der Waals surface area contributed by atoms with Crippen LogP contribution in [-0.2, 0) is 22.5 Å². The van der Waals surface area contributed by atoms with Gasteiger partial charge >= 0.3 is 12.0 Å². The predicted molar refractivity (Wildman–Crippen MR) is 116 cm³/mol. The van der Waals surface area contributed by atoms with Crippen molar-refractivity contribution in [2.45, 2.75) is 26.3 Å². The van der Waals surface area contributed by atoms with E-state index in [0.717, 1.165) is 23.2 Å². The van der Waals surface area contributed by atoms with Gasteiger partial charge in [0.25, 0.3) is 5.91 Å². The molecule has 0 bridgehead atoms. The summed E-state index contributed by atoms with van der Waals surface area (Å²) < 4.78 is 9.97. The number of hydrogen-bond acceptors (Lipinski definition) is 5. The van der Waals surface area contributed by atoms with E-state index >= 15 is 0 Å². The van der Waals surface area contributed by atoms with Crippen molar-refractivity contribution in [3.63, 3.8) is 0 Å². The second kappa shape index (κ2) is 10.5. The first-order chi connectivity index (χ1) is 15.0. The molecule has 0 fully saturated rings. The van der Waals surface area contributed by atoms with Gasteiger partial charge in [-0.1, -0.05) is 12.1 Å². The number of benzene rings is 2. The first-order valence-corrected chi connectivity index (χ1v) is 10.3. The molecule has 2 aromatic carbocycles. The van der Waals surface area contributed by atoms with Crippen LogP contribution in [0, 0.1) is 0 Å². The Bertz CT molecular complexity index is 943. The minimum atomic E-state index is -0.365. The Morgan fingerprint density at radius 3 is 2.55 bits per heavy atom. The number of ether oxygens (including phenoxy) is 2.